The van der Waals surface area contributed by atoms with Gasteiger partial charge in [0.05, 0.1) is 13.2 Å². The number of nitrogens with one attached hydrogen (secondary N) is 1. The molecule has 5 nitrogen and oxygen atoms in total. The van der Waals surface area contributed by atoms with Gasteiger partial charge in [-0.3, -0.25) is 0 Å². The minimum Gasteiger partial charge on any atom is -0.450 e. The molecule has 0 fully saturated rings. The van der Waals surface area contributed by atoms with E-state index in [4.69, 9.17) is 9.84 Å². The highest BCUT2D eigenvalue weighted by Crippen LogP contribution is 2.28. The first kappa shape index (κ1) is 29.8. The number of benzene rings is 2. The summed E-state index contributed by atoms with van der Waals surface area (Å²) in [5.41, 5.74) is 2.41. The molecule has 37 heavy (non-hydrogen) atoms. The molecule has 0 aliphatic heterocycles. The van der Waals surface area contributed by atoms with Crippen molar-refractivity contribution in [3.8, 4) is 23.7 Å². The molecule has 5 heteroatoms. The Morgan fingerprint density at radius 3 is 2.11 bits per heavy atom. The molecule has 1 heterocycles. The lowest BCUT2D eigenvalue weighted by Gasteiger charge is -2.04. The third-order valence-electron chi connectivity index (χ3n) is 5.94. The predicted octanol–water partition coefficient (Wildman–Crippen LogP) is 7.06. The van der Waals surface area contributed by atoms with Crippen molar-refractivity contribution in [1.29, 1.82) is 0 Å². The predicted molar refractivity (Wildman–Crippen MR) is 154 cm³/mol. The fourth-order valence-corrected chi connectivity index (χ4v) is 4.05. The number of carbonyl (C=O) groups excluding carboxylic acids is 1. The normalized spacial score (nSPS) is 10.0. The van der Waals surface area contributed by atoms with Gasteiger partial charge in [0.15, 0.2) is 0 Å². The van der Waals surface area contributed by atoms with Gasteiger partial charge >= 0.3 is 6.09 Å². The number of amides is 1. The Hall–Kier alpha value is -3.41. The second-order valence-corrected chi connectivity index (χ2v) is 8.82. The number of para-hydroxylation sites is 2. The van der Waals surface area contributed by atoms with E-state index in [1.807, 2.05) is 6.92 Å². The van der Waals surface area contributed by atoms with E-state index in [1.54, 1.807) is 0 Å². The average Bonchev–Trinajstić information content (AvgIpc) is 3.24. The van der Waals surface area contributed by atoms with Crippen LogP contribution in [0.3, 0.4) is 0 Å². The monoisotopic (exact) mass is 502 g/mol. The molecule has 0 saturated heterocycles. The van der Waals surface area contributed by atoms with Crippen LogP contribution in [0, 0.1) is 23.7 Å². The Bertz CT molecular complexity index is 1140. The van der Waals surface area contributed by atoms with Crippen LogP contribution >= 0.6 is 0 Å². The van der Waals surface area contributed by atoms with Gasteiger partial charge in [0, 0.05) is 41.4 Å². The van der Waals surface area contributed by atoms with E-state index in [0.717, 1.165) is 32.2 Å². The molecule has 0 unspecified atom stereocenters. The van der Waals surface area contributed by atoms with E-state index in [9.17, 15) is 4.79 Å². The molecule has 3 rings (SSSR count). The summed E-state index contributed by atoms with van der Waals surface area (Å²) in [5, 5.41) is 13.9. The van der Waals surface area contributed by atoms with Crippen molar-refractivity contribution in [2.24, 2.45) is 0 Å². The molecule has 198 valence electrons. The van der Waals surface area contributed by atoms with Crippen LogP contribution < -0.4 is 5.32 Å². The lowest BCUT2D eigenvalue weighted by Crippen LogP contribution is -2.25. The quantitative estimate of drug-likeness (QED) is 0.206. The van der Waals surface area contributed by atoms with Gasteiger partial charge in [-0.15, -0.1) is 0 Å². The number of rotatable bonds is 12. The Labute approximate surface area is 222 Å². The molecule has 0 saturated carbocycles. The minimum absolute atomic E-state index is 0.237. The Morgan fingerprint density at radius 2 is 1.46 bits per heavy atom. The largest absolute Gasteiger partial charge is 0.450 e. The van der Waals surface area contributed by atoms with Gasteiger partial charge in [-0.1, -0.05) is 87.3 Å². The standard InChI is InChI=1S/C21H19NO.C11H23NO2/c23-17-11-5-3-1-2-4-10-16-22-20-14-8-6-12-18(20)19-13-7-9-15-21(19)22;1-3-5-6-7-8-9-10-12-11(13)14-4-2/h6-9,12-15,23H,3,5,11,16-17H2;3-10H2,1-2H3,(H,12,13). The SMILES string of the molecule is CCCCCCCCNC(=O)OCC.OCCCCC#CC#CCn1c2ccccc2c2ccccc21. The van der Waals surface area contributed by atoms with Gasteiger partial charge in [-0.25, -0.2) is 4.79 Å². The number of aliphatic hydroxyl groups excluding tert-OH is 1. The molecule has 0 spiro atoms. The minimum atomic E-state index is -0.291. The third kappa shape index (κ3) is 11.0. The van der Waals surface area contributed by atoms with Crippen LogP contribution in [0.5, 0.6) is 0 Å². The summed E-state index contributed by atoms with van der Waals surface area (Å²) in [6.45, 7) is 6.08. The maximum absolute atomic E-state index is 10.8. The molecule has 0 atom stereocenters. The van der Waals surface area contributed by atoms with Crippen molar-refractivity contribution in [1.82, 2.24) is 9.88 Å². The smallest absolute Gasteiger partial charge is 0.407 e. The van der Waals surface area contributed by atoms with E-state index in [-0.39, 0.29) is 12.7 Å². The van der Waals surface area contributed by atoms with Gasteiger partial charge in [-0.05, 0) is 50.2 Å². The number of aromatic nitrogens is 1. The van der Waals surface area contributed by atoms with Gasteiger partial charge in [0.2, 0.25) is 0 Å². The molecule has 1 aromatic heterocycles. The number of unbranched alkanes of at least 4 members (excludes halogenated alkanes) is 7. The molecule has 2 N–H and O–H groups in total. The van der Waals surface area contributed by atoms with Crippen LogP contribution in [0.1, 0.15) is 71.6 Å². The van der Waals surface area contributed by atoms with Crippen LogP contribution in [0.25, 0.3) is 21.8 Å². The van der Waals surface area contributed by atoms with Gasteiger partial charge < -0.3 is 19.7 Å². The molecule has 1 amide bonds. The summed E-state index contributed by atoms with van der Waals surface area (Å²) in [4.78, 5) is 10.8. The van der Waals surface area contributed by atoms with Crippen LogP contribution in [-0.4, -0.2) is 35.5 Å². The first-order valence-corrected chi connectivity index (χ1v) is 13.7. The molecule has 0 aliphatic carbocycles. The van der Waals surface area contributed by atoms with E-state index >= 15 is 0 Å². The van der Waals surface area contributed by atoms with E-state index in [2.05, 4.69) is 89.0 Å². The summed E-state index contributed by atoms with van der Waals surface area (Å²) < 4.78 is 6.98. The van der Waals surface area contributed by atoms with Crippen molar-refractivity contribution in [2.75, 3.05) is 19.8 Å². The Morgan fingerprint density at radius 1 is 0.838 bits per heavy atom. The number of carbonyl (C=O) groups is 1. The van der Waals surface area contributed by atoms with E-state index < -0.39 is 0 Å². The lowest BCUT2D eigenvalue weighted by molar-refractivity contribution is 0.152. The molecular formula is C32H42N2O3. The second kappa shape index (κ2) is 18.8. The lowest BCUT2D eigenvalue weighted by atomic mass is 10.1. The van der Waals surface area contributed by atoms with Crippen molar-refractivity contribution in [3.05, 3.63) is 48.5 Å². The maximum atomic E-state index is 10.8. The number of fused-ring (bicyclic) bond motifs is 3. The topological polar surface area (TPSA) is 63.5 Å². The van der Waals surface area contributed by atoms with E-state index in [1.165, 1.54) is 53.9 Å². The van der Waals surface area contributed by atoms with Crippen LogP contribution in [0.15, 0.2) is 48.5 Å². The Balaban J connectivity index is 0.000000298. The number of nitrogens with zero attached hydrogens (tertiary/aromatic N) is 1. The number of aliphatic hydroxyl groups is 1. The first-order chi connectivity index (χ1) is 18.2. The second-order valence-electron chi connectivity index (χ2n) is 8.82. The highest BCUT2D eigenvalue weighted by Gasteiger charge is 2.07. The summed E-state index contributed by atoms with van der Waals surface area (Å²) in [6.07, 6.45) is 9.70. The highest BCUT2D eigenvalue weighted by atomic mass is 16.5. The van der Waals surface area contributed by atoms with Crippen molar-refractivity contribution in [2.45, 2.75) is 78.2 Å². The first-order valence-electron chi connectivity index (χ1n) is 13.7. The zero-order valence-electron chi connectivity index (χ0n) is 22.5. The maximum Gasteiger partial charge on any atom is 0.407 e. The highest BCUT2D eigenvalue weighted by molar-refractivity contribution is 6.08. The summed E-state index contributed by atoms with van der Waals surface area (Å²) in [5.74, 6) is 12.0. The molecule has 3 aromatic rings. The summed E-state index contributed by atoms with van der Waals surface area (Å²) >= 11 is 0. The van der Waals surface area contributed by atoms with Gasteiger partial charge in [0.1, 0.15) is 0 Å². The fraction of sp³-hybridized carbons (Fsp3) is 0.469. The molecule has 2 aromatic carbocycles. The number of hydrogen-bond acceptors (Lipinski definition) is 3. The van der Waals surface area contributed by atoms with E-state index in [0.29, 0.717) is 13.2 Å². The molecule has 0 bridgehead atoms. The fourth-order valence-electron chi connectivity index (χ4n) is 4.05. The van der Waals surface area contributed by atoms with Crippen LogP contribution in [0.4, 0.5) is 4.79 Å². The van der Waals surface area contributed by atoms with Crippen LogP contribution in [0.2, 0.25) is 0 Å². The van der Waals surface area contributed by atoms with Gasteiger partial charge in [0.25, 0.3) is 0 Å². The summed E-state index contributed by atoms with van der Waals surface area (Å²) in [7, 11) is 0. The van der Waals surface area contributed by atoms with Crippen molar-refractivity contribution < 1.29 is 14.6 Å². The summed E-state index contributed by atoms with van der Waals surface area (Å²) in [6, 6.07) is 16.9. The van der Waals surface area contributed by atoms with Gasteiger partial charge in [-0.2, -0.15) is 0 Å². The molecule has 0 aliphatic rings. The average molecular weight is 503 g/mol. The Kier molecular flexibility index (Phi) is 15.2. The molecular weight excluding hydrogens is 460 g/mol. The molecule has 0 radical (unpaired) electrons. The number of hydrogen-bond donors (Lipinski definition) is 2. The third-order valence-corrected chi connectivity index (χ3v) is 5.94. The number of alkyl carbamates (subject to hydrolysis) is 1. The van der Waals surface area contributed by atoms with Crippen LogP contribution in [-0.2, 0) is 11.3 Å². The van der Waals surface area contributed by atoms with Crippen molar-refractivity contribution >= 4 is 27.9 Å². The zero-order valence-corrected chi connectivity index (χ0v) is 22.5. The number of ether oxygens (including phenoxy) is 1. The van der Waals surface area contributed by atoms with Crippen molar-refractivity contribution in [3.63, 3.8) is 0 Å². The zero-order chi connectivity index (χ0) is 26.6.